The summed E-state index contributed by atoms with van der Waals surface area (Å²) >= 11 is 9.55. The number of amides is 2. The lowest BCUT2D eigenvalue weighted by molar-refractivity contribution is -0.118. The highest BCUT2D eigenvalue weighted by Crippen LogP contribution is 2.25. The van der Waals surface area contributed by atoms with E-state index in [2.05, 4.69) is 31.8 Å². The number of nitrogens with one attached hydrogen (secondary N) is 2. The van der Waals surface area contributed by atoms with Crippen LogP contribution in [0.25, 0.3) is 0 Å². The third-order valence-electron chi connectivity index (χ3n) is 4.14. The van der Waals surface area contributed by atoms with Crippen molar-refractivity contribution in [2.24, 2.45) is 5.10 Å². The van der Waals surface area contributed by atoms with E-state index < -0.39 is 0 Å². The Hall–Kier alpha value is -3.16. The second-order valence-electron chi connectivity index (χ2n) is 6.60. The van der Waals surface area contributed by atoms with Crippen LogP contribution in [0.15, 0.2) is 76.3 Å². The summed E-state index contributed by atoms with van der Waals surface area (Å²) in [7, 11) is 0. The van der Waals surface area contributed by atoms with E-state index in [4.69, 9.17) is 16.3 Å². The van der Waals surface area contributed by atoms with Crippen LogP contribution in [0.5, 0.6) is 5.75 Å². The van der Waals surface area contributed by atoms with Crippen LogP contribution < -0.4 is 15.5 Å². The highest BCUT2D eigenvalue weighted by molar-refractivity contribution is 9.10. The zero-order valence-electron chi connectivity index (χ0n) is 16.6. The number of halogens is 2. The van der Waals surface area contributed by atoms with Crippen LogP contribution in [0.4, 0.5) is 5.69 Å². The summed E-state index contributed by atoms with van der Waals surface area (Å²) in [4.78, 5) is 24.1. The molecule has 0 aliphatic rings. The summed E-state index contributed by atoms with van der Waals surface area (Å²) in [5.74, 6) is -0.243. The topological polar surface area (TPSA) is 79.8 Å². The predicted molar refractivity (Wildman–Crippen MR) is 126 cm³/mol. The van der Waals surface area contributed by atoms with Crippen LogP contribution in [0.2, 0.25) is 5.02 Å². The van der Waals surface area contributed by atoms with E-state index in [0.29, 0.717) is 27.6 Å². The van der Waals surface area contributed by atoms with Crippen molar-refractivity contribution < 1.29 is 14.3 Å². The van der Waals surface area contributed by atoms with Gasteiger partial charge in [-0.2, -0.15) is 5.10 Å². The standard InChI is InChI=1S/C23H19BrClN3O3/c1-15-2-9-19(10-3-15)27-22(29)14-31-21-11-4-16(12-20(21)25)13-26-28-23(30)17-5-7-18(24)8-6-17/h2-13H,14H2,1H3,(H,27,29)(H,28,30)/b26-13+. The minimum Gasteiger partial charge on any atom is -0.482 e. The molecule has 0 bridgehead atoms. The average Bonchev–Trinajstić information content (AvgIpc) is 2.75. The minimum absolute atomic E-state index is 0.176. The fraction of sp³-hybridized carbons (Fsp3) is 0.0870. The third kappa shape index (κ3) is 6.94. The fourth-order valence-corrected chi connectivity index (χ4v) is 3.03. The van der Waals surface area contributed by atoms with Gasteiger partial charge in [0.15, 0.2) is 6.61 Å². The summed E-state index contributed by atoms with van der Waals surface area (Å²) in [6.07, 6.45) is 1.47. The maximum atomic E-state index is 12.0. The van der Waals surface area contributed by atoms with Crippen LogP contribution in [0, 0.1) is 6.92 Å². The second kappa shape index (κ2) is 10.7. The van der Waals surface area contributed by atoms with Crippen molar-refractivity contribution in [3.63, 3.8) is 0 Å². The highest BCUT2D eigenvalue weighted by atomic mass is 79.9. The van der Waals surface area contributed by atoms with Gasteiger partial charge in [0.25, 0.3) is 11.8 Å². The molecule has 3 aromatic carbocycles. The molecule has 8 heteroatoms. The zero-order chi connectivity index (χ0) is 22.2. The number of carbonyl (C=O) groups excluding carboxylic acids is 2. The molecule has 0 aliphatic carbocycles. The van der Waals surface area contributed by atoms with Gasteiger partial charge in [0.1, 0.15) is 5.75 Å². The van der Waals surface area contributed by atoms with E-state index in [1.807, 2.05) is 31.2 Å². The van der Waals surface area contributed by atoms with Gasteiger partial charge in [0, 0.05) is 15.7 Å². The molecule has 0 aromatic heterocycles. The van der Waals surface area contributed by atoms with Gasteiger partial charge >= 0.3 is 0 Å². The monoisotopic (exact) mass is 499 g/mol. The molecule has 0 spiro atoms. The van der Waals surface area contributed by atoms with Gasteiger partial charge in [0.05, 0.1) is 11.2 Å². The molecule has 0 heterocycles. The molecular formula is C23H19BrClN3O3. The summed E-state index contributed by atoms with van der Waals surface area (Å²) in [5.41, 5.74) is 5.42. The normalized spacial score (nSPS) is 10.7. The Balaban J connectivity index is 1.51. The lowest BCUT2D eigenvalue weighted by Gasteiger charge is -2.09. The molecule has 0 aliphatic heterocycles. The number of rotatable bonds is 7. The van der Waals surface area contributed by atoms with Crippen LogP contribution in [0.3, 0.4) is 0 Å². The summed E-state index contributed by atoms with van der Waals surface area (Å²) in [6, 6.07) is 19.4. The first-order chi connectivity index (χ1) is 14.9. The number of aryl methyl sites for hydroxylation is 1. The Morgan fingerprint density at radius 3 is 2.45 bits per heavy atom. The van der Waals surface area contributed by atoms with Crippen LogP contribution in [-0.2, 0) is 4.79 Å². The van der Waals surface area contributed by atoms with Gasteiger partial charge in [-0.25, -0.2) is 5.43 Å². The molecule has 0 unspecified atom stereocenters. The Morgan fingerprint density at radius 1 is 1.06 bits per heavy atom. The number of anilines is 1. The zero-order valence-corrected chi connectivity index (χ0v) is 18.9. The van der Waals surface area contributed by atoms with Gasteiger partial charge < -0.3 is 10.1 Å². The summed E-state index contributed by atoms with van der Waals surface area (Å²) < 4.78 is 6.38. The van der Waals surface area contributed by atoms with Crippen LogP contribution in [0.1, 0.15) is 21.5 Å². The van der Waals surface area contributed by atoms with E-state index in [0.717, 1.165) is 10.0 Å². The SMILES string of the molecule is Cc1ccc(NC(=O)COc2ccc(/C=N/NC(=O)c3ccc(Br)cc3)cc2Cl)cc1. The first-order valence-electron chi connectivity index (χ1n) is 9.28. The molecule has 0 fully saturated rings. The third-order valence-corrected chi connectivity index (χ3v) is 4.96. The van der Waals surface area contributed by atoms with Gasteiger partial charge in [0.2, 0.25) is 0 Å². The van der Waals surface area contributed by atoms with E-state index >= 15 is 0 Å². The molecule has 31 heavy (non-hydrogen) atoms. The fourth-order valence-electron chi connectivity index (χ4n) is 2.52. The first-order valence-corrected chi connectivity index (χ1v) is 10.5. The smallest absolute Gasteiger partial charge is 0.271 e. The molecule has 3 rings (SSSR count). The van der Waals surface area contributed by atoms with Crippen LogP contribution in [-0.4, -0.2) is 24.6 Å². The van der Waals surface area contributed by atoms with Crippen molar-refractivity contribution in [1.82, 2.24) is 5.43 Å². The number of hydrazone groups is 1. The molecule has 0 saturated carbocycles. The molecule has 3 aromatic rings. The van der Waals surface area contributed by atoms with E-state index in [9.17, 15) is 9.59 Å². The van der Waals surface area contributed by atoms with Gasteiger partial charge in [-0.05, 0) is 67.1 Å². The number of benzene rings is 3. The van der Waals surface area contributed by atoms with Crippen molar-refractivity contribution in [3.8, 4) is 5.75 Å². The molecule has 0 radical (unpaired) electrons. The Labute approximate surface area is 193 Å². The number of hydrogen-bond donors (Lipinski definition) is 2. The van der Waals surface area contributed by atoms with Crippen molar-refractivity contribution in [2.75, 3.05) is 11.9 Å². The maximum Gasteiger partial charge on any atom is 0.271 e. The summed E-state index contributed by atoms with van der Waals surface area (Å²) in [6.45, 7) is 1.80. The summed E-state index contributed by atoms with van der Waals surface area (Å²) in [5, 5.41) is 7.02. The van der Waals surface area contributed by atoms with Crippen molar-refractivity contribution in [2.45, 2.75) is 6.92 Å². The predicted octanol–water partition coefficient (Wildman–Crippen LogP) is 5.19. The molecule has 0 saturated heterocycles. The van der Waals surface area contributed by atoms with Gasteiger partial charge in [-0.15, -0.1) is 0 Å². The number of ether oxygens (including phenoxy) is 1. The molecule has 2 amide bonds. The van der Waals surface area contributed by atoms with Crippen molar-refractivity contribution in [1.29, 1.82) is 0 Å². The highest BCUT2D eigenvalue weighted by Gasteiger charge is 2.08. The second-order valence-corrected chi connectivity index (χ2v) is 7.92. The first kappa shape index (κ1) is 22.5. The van der Waals surface area contributed by atoms with Gasteiger partial charge in [-0.3, -0.25) is 9.59 Å². The number of carbonyl (C=O) groups is 2. The lowest BCUT2D eigenvalue weighted by Crippen LogP contribution is -2.20. The average molecular weight is 501 g/mol. The van der Waals surface area contributed by atoms with E-state index in [1.165, 1.54) is 6.21 Å². The van der Waals surface area contributed by atoms with Gasteiger partial charge in [-0.1, -0.05) is 45.2 Å². The Bertz CT molecular complexity index is 1100. The minimum atomic E-state index is -0.325. The number of nitrogens with zero attached hydrogens (tertiary/aromatic N) is 1. The molecular weight excluding hydrogens is 482 g/mol. The molecule has 158 valence electrons. The molecule has 2 N–H and O–H groups in total. The quantitative estimate of drug-likeness (QED) is 0.346. The van der Waals surface area contributed by atoms with E-state index in [-0.39, 0.29) is 18.4 Å². The lowest BCUT2D eigenvalue weighted by atomic mass is 10.2. The van der Waals surface area contributed by atoms with Crippen molar-refractivity contribution >= 4 is 51.2 Å². The molecule has 0 atom stereocenters. The largest absolute Gasteiger partial charge is 0.482 e. The molecule has 6 nitrogen and oxygen atoms in total. The number of hydrogen-bond acceptors (Lipinski definition) is 4. The maximum absolute atomic E-state index is 12.0. The van der Waals surface area contributed by atoms with Crippen LogP contribution >= 0.6 is 27.5 Å². The Kier molecular flexibility index (Phi) is 7.81. The van der Waals surface area contributed by atoms with E-state index in [1.54, 1.807) is 42.5 Å². The van der Waals surface area contributed by atoms with Crippen molar-refractivity contribution in [3.05, 3.63) is 92.9 Å². The Morgan fingerprint density at radius 2 is 1.77 bits per heavy atom.